The lowest BCUT2D eigenvalue weighted by Gasteiger charge is -2.38. The van der Waals surface area contributed by atoms with Crippen molar-refractivity contribution in [3.63, 3.8) is 0 Å². The number of aliphatic hydroxyl groups is 1. The topological polar surface area (TPSA) is 41.9 Å². The number of morpholine rings is 1. The Kier molecular flexibility index (Phi) is 4.88. The zero-order valence-corrected chi connectivity index (χ0v) is 12.8. The quantitative estimate of drug-likeness (QED) is 0.826. The van der Waals surface area contributed by atoms with Crippen LogP contribution in [0.5, 0.6) is 0 Å². The molecular weight excluding hydrogens is 242 g/mol. The number of aliphatic hydroxyl groups excluding tert-OH is 1. The fourth-order valence-corrected chi connectivity index (χ4v) is 2.65. The number of ether oxygens (including phenoxy) is 2. The number of rotatable bonds is 5. The predicted octanol–water partition coefficient (Wildman–Crippen LogP) is 1.66. The Hall–Kier alpha value is -0.160. The Morgan fingerprint density at radius 1 is 1.32 bits per heavy atom. The van der Waals surface area contributed by atoms with Crippen molar-refractivity contribution >= 4 is 0 Å². The molecule has 1 N–H and O–H groups in total. The van der Waals surface area contributed by atoms with Crippen molar-refractivity contribution in [2.75, 3.05) is 26.2 Å². The van der Waals surface area contributed by atoms with Gasteiger partial charge in [0, 0.05) is 19.6 Å². The van der Waals surface area contributed by atoms with Gasteiger partial charge in [0.15, 0.2) is 0 Å². The molecule has 0 bridgehead atoms. The van der Waals surface area contributed by atoms with Crippen molar-refractivity contribution in [3.8, 4) is 0 Å². The molecule has 1 aliphatic heterocycles. The first kappa shape index (κ1) is 15.2. The summed E-state index contributed by atoms with van der Waals surface area (Å²) in [7, 11) is 0. The number of β-amino-alcohol motifs (C(OH)–C–C–N with tert-alkyl or cyclic N) is 1. The molecule has 0 radical (unpaired) electrons. The van der Waals surface area contributed by atoms with Gasteiger partial charge >= 0.3 is 0 Å². The van der Waals surface area contributed by atoms with E-state index in [9.17, 15) is 5.11 Å². The van der Waals surface area contributed by atoms with Crippen LogP contribution in [0.15, 0.2) is 0 Å². The third-order valence-corrected chi connectivity index (χ3v) is 3.69. The van der Waals surface area contributed by atoms with Gasteiger partial charge in [0.2, 0.25) is 0 Å². The van der Waals surface area contributed by atoms with Crippen molar-refractivity contribution in [1.82, 2.24) is 4.90 Å². The second-order valence-corrected chi connectivity index (χ2v) is 7.12. The molecule has 3 atom stereocenters. The third kappa shape index (κ3) is 5.38. The molecule has 2 rings (SSSR count). The first-order chi connectivity index (χ1) is 8.83. The molecule has 1 saturated heterocycles. The maximum Gasteiger partial charge on any atom is 0.0900 e. The van der Waals surface area contributed by atoms with Crippen molar-refractivity contribution in [2.24, 2.45) is 5.92 Å². The Labute approximate surface area is 117 Å². The molecule has 4 nitrogen and oxygen atoms in total. The van der Waals surface area contributed by atoms with Crippen molar-refractivity contribution in [1.29, 1.82) is 0 Å². The second-order valence-electron chi connectivity index (χ2n) is 7.12. The average molecular weight is 271 g/mol. The molecule has 2 aliphatic rings. The van der Waals surface area contributed by atoms with Gasteiger partial charge in [-0.15, -0.1) is 0 Å². The fraction of sp³-hybridized carbons (Fsp3) is 1.00. The van der Waals surface area contributed by atoms with Crippen LogP contribution in [-0.2, 0) is 9.47 Å². The molecule has 0 unspecified atom stereocenters. The molecule has 1 saturated carbocycles. The van der Waals surface area contributed by atoms with E-state index in [4.69, 9.17) is 9.47 Å². The summed E-state index contributed by atoms with van der Waals surface area (Å²) in [6, 6.07) is 0. The summed E-state index contributed by atoms with van der Waals surface area (Å²) in [5.41, 5.74) is -0.185. The molecule has 4 heteroatoms. The van der Waals surface area contributed by atoms with E-state index >= 15 is 0 Å². The molecule has 1 heterocycles. The molecule has 0 aromatic rings. The SMILES string of the molecule is C[C@@H]1CN(C[C@@H](O)COC(C)(C)C)C[C@H](C2CC2)O1. The van der Waals surface area contributed by atoms with Gasteiger partial charge in [0.05, 0.1) is 30.5 Å². The molecule has 0 spiro atoms. The van der Waals surface area contributed by atoms with Crippen molar-refractivity contribution in [2.45, 2.75) is 64.4 Å². The Balaban J connectivity index is 1.74. The maximum absolute atomic E-state index is 10.1. The second kappa shape index (κ2) is 6.08. The highest BCUT2D eigenvalue weighted by atomic mass is 16.5. The van der Waals surface area contributed by atoms with Gasteiger partial charge in [-0.05, 0) is 46.5 Å². The standard InChI is InChI=1S/C15H29NO3/c1-11-7-16(9-14(19-11)12-5-6-12)8-13(17)10-18-15(2,3)4/h11-14,17H,5-10H2,1-4H3/t11-,13-,14-/m1/s1. The third-order valence-electron chi connectivity index (χ3n) is 3.69. The molecule has 19 heavy (non-hydrogen) atoms. The summed E-state index contributed by atoms with van der Waals surface area (Å²) in [5, 5.41) is 10.1. The summed E-state index contributed by atoms with van der Waals surface area (Å²) in [5.74, 6) is 0.758. The van der Waals surface area contributed by atoms with Gasteiger partial charge in [0.1, 0.15) is 0 Å². The lowest BCUT2D eigenvalue weighted by molar-refractivity contribution is -0.104. The van der Waals surface area contributed by atoms with Crippen LogP contribution in [-0.4, -0.2) is 60.2 Å². The van der Waals surface area contributed by atoms with E-state index in [1.54, 1.807) is 0 Å². The molecule has 0 aromatic carbocycles. The maximum atomic E-state index is 10.1. The predicted molar refractivity (Wildman–Crippen MR) is 75.2 cm³/mol. The highest BCUT2D eigenvalue weighted by Crippen LogP contribution is 2.36. The van der Waals surface area contributed by atoms with E-state index in [0.717, 1.165) is 19.0 Å². The van der Waals surface area contributed by atoms with Gasteiger partial charge in [-0.2, -0.15) is 0 Å². The van der Waals surface area contributed by atoms with Crippen LogP contribution in [0.2, 0.25) is 0 Å². The van der Waals surface area contributed by atoms with Gasteiger partial charge < -0.3 is 14.6 Å². The van der Waals surface area contributed by atoms with Gasteiger partial charge in [-0.3, -0.25) is 4.90 Å². The number of hydrogen-bond acceptors (Lipinski definition) is 4. The van der Waals surface area contributed by atoms with Crippen LogP contribution in [0.4, 0.5) is 0 Å². The summed E-state index contributed by atoms with van der Waals surface area (Å²) in [6.45, 7) is 11.1. The van der Waals surface area contributed by atoms with E-state index in [2.05, 4.69) is 11.8 Å². The van der Waals surface area contributed by atoms with E-state index in [-0.39, 0.29) is 11.7 Å². The van der Waals surface area contributed by atoms with Gasteiger partial charge in [0.25, 0.3) is 0 Å². The number of hydrogen-bond donors (Lipinski definition) is 1. The highest BCUT2D eigenvalue weighted by molar-refractivity contribution is 4.88. The van der Waals surface area contributed by atoms with Crippen LogP contribution in [0.3, 0.4) is 0 Å². The summed E-state index contributed by atoms with van der Waals surface area (Å²) in [4.78, 5) is 2.33. The van der Waals surface area contributed by atoms with E-state index in [1.807, 2.05) is 20.8 Å². The average Bonchev–Trinajstić information content (AvgIpc) is 3.08. The summed E-state index contributed by atoms with van der Waals surface area (Å²) in [6.07, 6.45) is 2.85. The molecule has 2 fully saturated rings. The molecule has 0 aromatic heterocycles. The molecule has 1 aliphatic carbocycles. The summed E-state index contributed by atoms with van der Waals surface area (Å²) < 4.78 is 11.6. The van der Waals surface area contributed by atoms with Crippen LogP contribution in [0.25, 0.3) is 0 Å². The van der Waals surface area contributed by atoms with E-state index in [1.165, 1.54) is 12.8 Å². The molecule has 112 valence electrons. The van der Waals surface area contributed by atoms with Crippen LogP contribution in [0.1, 0.15) is 40.5 Å². The lowest BCUT2D eigenvalue weighted by Crippen LogP contribution is -2.50. The highest BCUT2D eigenvalue weighted by Gasteiger charge is 2.37. The van der Waals surface area contributed by atoms with Gasteiger partial charge in [-0.25, -0.2) is 0 Å². The Morgan fingerprint density at radius 3 is 2.58 bits per heavy atom. The first-order valence-corrected chi connectivity index (χ1v) is 7.53. The molecular formula is C15H29NO3. The minimum atomic E-state index is -0.413. The van der Waals surface area contributed by atoms with E-state index < -0.39 is 6.10 Å². The van der Waals surface area contributed by atoms with Crippen LogP contribution < -0.4 is 0 Å². The van der Waals surface area contributed by atoms with Crippen LogP contribution >= 0.6 is 0 Å². The van der Waals surface area contributed by atoms with Crippen molar-refractivity contribution < 1.29 is 14.6 Å². The Bertz CT molecular complexity index is 286. The monoisotopic (exact) mass is 271 g/mol. The van der Waals surface area contributed by atoms with Crippen molar-refractivity contribution in [3.05, 3.63) is 0 Å². The normalized spacial score (nSPS) is 31.4. The minimum Gasteiger partial charge on any atom is -0.389 e. The molecule has 0 amide bonds. The fourth-order valence-electron chi connectivity index (χ4n) is 2.65. The first-order valence-electron chi connectivity index (χ1n) is 7.53. The zero-order chi connectivity index (χ0) is 14.0. The smallest absolute Gasteiger partial charge is 0.0900 e. The van der Waals surface area contributed by atoms with Gasteiger partial charge in [-0.1, -0.05) is 0 Å². The zero-order valence-electron chi connectivity index (χ0n) is 12.8. The summed E-state index contributed by atoms with van der Waals surface area (Å²) >= 11 is 0. The van der Waals surface area contributed by atoms with Crippen LogP contribution in [0, 0.1) is 5.92 Å². The largest absolute Gasteiger partial charge is 0.389 e. The minimum absolute atomic E-state index is 0.185. The van der Waals surface area contributed by atoms with E-state index in [0.29, 0.717) is 19.3 Å². The number of nitrogens with zero attached hydrogens (tertiary/aromatic N) is 1. The Morgan fingerprint density at radius 2 is 2.00 bits per heavy atom. The lowest BCUT2D eigenvalue weighted by atomic mass is 10.1.